The quantitative estimate of drug-likeness (QED) is 0.750. The number of aryl methyl sites for hydroxylation is 1. The van der Waals surface area contributed by atoms with E-state index in [-0.39, 0.29) is 5.82 Å². The van der Waals surface area contributed by atoms with Crippen LogP contribution >= 0.6 is 0 Å². The molecule has 0 aliphatic carbocycles. The number of para-hydroxylation sites is 1. The maximum absolute atomic E-state index is 13.1. The smallest absolute Gasteiger partial charge is 0.232 e. The van der Waals surface area contributed by atoms with Crippen LogP contribution in [0.25, 0.3) is 0 Å². The third-order valence-electron chi connectivity index (χ3n) is 4.38. The average molecular weight is 334 g/mol. The Hall–Kier alpha value is -2.95. The Morgan fingerprint density at radius 1 is 1.08 bits per heavy atom. The van der Waals surface area contributed by atoms with E-state index in [1.54, 1.807) is 12.1 Å². The molecule has 4 rings (SSSR count). The molecule has 0 saturated carbocycles. The summed E-state index contributed by atoms with van der Waals surface area (Å²) in [6.45, 7) is 4.13. The summed E-state index contributed by atoms with van der Waals surface area (Å²) in [6, 6.07) is 16.8. The van der Waals surface area contributed by atoms with Gasteiger partial charge in [-0.15, -0.1) is 0 Å². The summed E-state index contributed by atoms with van der Waals surface area (Å²) in [7, 11) is 0. The lowest BCUT2D eigenvalue weighted by atomic mass is 10.1. The topological polar surface area (TPSA) is 41.1 Å². The molecule has 5 heteroatoms. The van der Waals surface area contributed by atoms with E-state index < -0.39 is 0 Å². The van der Waals surface area contributed by atoms with Gasteiger partial charge in [0.2, 0.25) is 5.95 Å². The standard InChI is InChI=1S/C20H19FN4/c1-13-11-19(23-17-9-7-16(21)8-10-17)24-20(22-13)25-14(2)12-15-5-3-4-6-18(15)25/h3-11,14H,12H2,1-2H3,(H,22,23,24). The van der Waals surface area contributed by atoms with E-state index in [1.807, 2.05) is 19.1 Å². The van der Waals surface area contributed by atoms with Gasteiger partial charge in [0.05, 0.1) is 0 Å². The van der Waals surface area contributed by atoms with Crippen molar-refractivity contribution in [2.24, 2.45) is 0 Å². The molecule has 0 radical (unpaired) electrons. The molecule has 0 spiro atoms. The first kappa shape index (κ1) is 15.6. The van der Waals surface area contributed by atoms with E-state index in [2.05, 4.69) is 40.3 Å². The number of hydrogen-bond donors (Lipinski definition) is 1. The van der Waals surface area contributed by atoms with Crippen LogP contribution in [0.4, 0.5) is 27.5 Å². The minimum atomic E-state index is -0.257. The van der Waals surface area contributed by atoms with E-state index in [9.17, 15) is 4.39 Å². The van der Waals surface area contributed by atoms with Gasteiger partial charge >= 0.3 is 0 Å². The first-order chi connectivity index (χ1) is 12.1. The number of benzene rings is 2. The van der Waals surface area contributed by atoms with Crippen LogP contribution in [0.1, 0.15) is 18.2 Å². The number of aromatic nitrogens is 2. The first-order valence-electron chi connectivity index (χ1n) is 8.35. The van der Waals surface area contributed by atoms with Gasteiger partial charge in [0.1, 0.15) is 11.6 Å². The van der Waals surface area contributed by atoms with E-state index in [0.717, 1.165) is 23.5 Å². The summed E-state index contributed by atoms with van der Waals surface area (Å²) < 4.78 is 13.1. The molecule has 1 atom stereocenters. The van der Waals surface area contributed by atoms with Gasteiger partial charge in [-0.3, -0.25) is 0 Å². The molecule has 4 nitrogen and oxygen atoms in total. The summed E-state index contributed by atoms with van der Waals surface area (Å²) >= 11 is 0. The highest BCUT2D eigenvalue weighted by Crippen LogP contribution is 2.36. The number of nitrogens with one attached hydrogen (secondary N) is 1. The molecule has 3 aromatic rings. The van der Waals surface area contributed by atoms with E-state index in [4.69, 9.17) is 4.98 Å². The predicted molar refractivity (Wildman–Crippen MR) is 98.2 cm³/mol. The second kappa shape index (κ2) is 6.16. The summed E-state index contributed by atoms with van der Waals surface area (Å²) in [5, 5.41) is 3.23. The predicted octanol–water partition coefficient (Wildman–Crippen LogP) is 4.75. The number of hydrogen-bond acceptors (Lipinski definition) is 4. The van der Waals surface area contributed by atoms with Gasteiger partial charge in [0, 0.05) is 29.2 Å². The maximum Gasteiger partial charge on any atom is 0.232 e. The van der Waals surface area contributed by atoms with Crippen molar-refractivity contribution in [3.05, 3.63) is 71.7 Å². The fourth-order valence-electron chi connectivity index (χ4n) is 3.28. The second-order valence-corrected chi connectivity index (χ2v) is 6.38. The summed E-state index contributed by atoms with van der Waals surface area (Å²) in [5.74, 6) is 1.13. The molecule has 1 unspecified atom stereocenters. The highest BCUT2D eigenvalue weighted by atomic mass is 19.1. The van der Waals surface area contributed by atoms with Crippen LogP contribution in [0.2, 0.25) is 0 Å². The Bertz CT molecular complexity index is 908. The third kappa shape index (κ3) is 3.05. The van der Waals surface area contributed by atoms with Crippen LogP contribution < -0.4 is 10.2 Å². The van der Waals surface area contributed by atoms with Gasteiger partial charge in [-0.2, -0.15) is 4.98 Å². The van der Waals surface area contributed by atoms with Crippen molar-refractivity contribution in [3.63, 3.8) is 0 Å². The van der Waals surface area contributed by atoms with Crippen molar-refractivity contribution in [1.29, 1.82) is 0 Å². The van der Waals surface area contributed by atoms with Crippen LogP contribution in [0.3, 0.4) is 0 Å². The molecule has 1 aliphatic rings. The van der Waals surface area contributed by atoms with Gasteiger partial charge < -0.3 is 10.2 Å². The molecule has 25 heavy (non-hydrogen) atoms. The fourth-order valence-corrected chi connectivity index (χ4v) is 3.28. The lowest BCUT2D eigenvalue weighted by Gasteiger charge is -2.23. The Morgan fingerprint density at radius 2 is 1.84 bits per heavy atom. The van der Waals surface area contributed by atoms with Gasteiger partial charge in [-0.25, -0.2) is 9.37 Å². The zero-order valence-electron chi connectivity index (χ0n) is 14.2. The summed E-state index contributed by atoms with van der Waals surface area (Å²) in [4.78, 5) is 11.5. The van der Waals surface area contributed by atoms with Crippen LogP contribution in [0.15, 0.2) is 54.6 Å². The zero-order valence-corrected chi connectivity index (χ0v) is 14.2. The molecular weight excluding hydrogens is 315 g/mol. The highest BCUT2D eigenvalue weighted by molar-refractivity contribution is 5.68. The molecule has 0 amide bonds. The number of rotatable bonds is 3. The van der Waals surface area contributed by atoms with Crippen molar-refractivity contribution in [1.82, 2.24) is 9.97 Å². The Balaban J connectivity index is 1.69. The Labute approximate surface area is 146 Å². The van der Waals surface area contributed by atoms with Crippen molar-refractivity contribution >= 4 is 23.1 Å². The molecule has 126 valence electrons. The summed E-state index contributed by atoms with van der Waals surface area (Å²) in [6.07, 6.45) is 0.980. The fraction of sp³-hybridized carbons (Fsp3) is 0.200. The Kier molecular flexibility index (Phi) is 3.84. The number of fused-ring (bicyclic) bond motifs is 1. The molecule has 0 fully saturated rings. The van der Waals surface area contributed by atoms with Crippen molar-refractivity contribution < 1.29 is 4.39 Å². The molecule has 0 bridgehead atoms. The first-order valence-corrected chi connectivity index (χ1v) is 8.35. The Morgan fingerprint density at radius 3 is 2.64 bits per heavy atom. The zero-order chi connectivity index (χ0) is 17.4. The molecule has 2 heterocycles. The number of nitrogens with zero attached hydrogens (tertiary/aromatic N) is 3. The van der Waals surface area contributed by atoms with Crippen LogP contribution in [-0.4, -0.2) is 16.0 Å². The minimum Gasteiger partial charge on any atom is -0.340 e. The van der Waals surface area contributed by atoms with Crippen LogP contribution in [0, 0.1) is 12.7 Å². The molecular formula is C20H19FN4. The maximum atomic E-state index is 13.1. The van der Waals surface area contributed by atoms with Crippen molar-refractivity contribution in [2.45, 2.75) is 26.3 Å². The largest absolute Gasteiger partial charge is 0.340 e. The van der Waals surface area contributed by atoms with Crippen LogP contribution in [-0.2, 0) is 6.42 Å². The summed E-state index contributed by atoms with van der Waals surface area (Å²) in [5.41, 5.74) is 4.15. The normalized spacial score (nSPS) is 16.0. The molecule has 1 aliphatic heterocycles. The van der Waals surface area contributed by atoms with Gasteiger partial charge in [-0.1, -0.05) is 18.2 Å². The van der Waals surface area contributed by atoms with E-state index >= 15 is 0 Å². The van der Waals surface area contributed by atoms with E-state index in [0.29, 0.717) is 17.8 Å². The monoisotopic (exact) mass is 334 g/mol. The van der Waals surface area contributed by atoms with Gasteiger partial charge in [0.25, 0.3) is 0 Å². The second-order valence-electron chi connectivity index (χ2n) is 6.38. The lowest BCUT2D eigenvalue weighted by Crippen LogP contribution is -2.26. The molecule has 1 N–H and O–H groups in total. The van der Waals surface area contributed by atoms with E-state index in [1.165, 1.54) is 17.7 Å². The molecule has 1 aromatic heterocycles. The molecule has 0 saturated heterocycles. The SMILES string of the molecule is Cc1cc(Nc2ccc(F)cc2)nc(N2c3ccccc3CC2C)n1. The van der Waals surface area contributed by atoms with Crippen LogP contribution in [0.5, 0.6) is 0 Å². The molecule has 2 aromatic carbocycles. The lowest BCUT2D eigenvalue weighted by molar-refractivity contribution is 0.628. The van der Waals surface area contributed by atoms with Gasteiger partial charge in [-0.05, 0) is 56.2 Å². The van der Waals surface area contributed by atoms with Crippen molar-refractivity contribution in [2.75, 3.05) is 10.2 Å². The van der Waals surface area contributed by atoms with Gasteiger partial charge in [0.15, 0.2) is 0 Å². The van der Waals surface area contributed by atoms with Crippen molar-refractivity contribution in [3.8, 4) is 0 Å². The average Bonchev–Trinajstić information content (AvgIpc) is 2.92. The minimum absolute atomic E-state index is 0.257. The highest BCUT2D eigenvalue weighted by Gasteiger charge is 2.29. The number of anilines is 4. The third-order valence-corrected chi connectivity index (χ3v) is 4.38. The number of halogens is 1.